The number of amides is 2. The zero-order chi connectivity index (χ0) is 16.7. The van der Waals surface area contributed by atoms with Crippen LogP contribution >= 0.6 is 0 Å². The highest BCUT2D eigenvalue weighted by Gasteiger charge is 2.58. The van der Waals surface area contributed by atoms with Gasteiger partial charge in [0.15, 0.2) is 0 Å². The molecule has 2 amide bonds. The van der Waals surface area contributed by atoms with Crippen molar-refractivity contribution in [3.8, 4) is 0 Å². The maximum atomic E-state index is 12.9. The van der Waals surface area contributed by atoms with Crippen molar-refractivity contribution in [3.63, 3.8) is 0 Å². The van der Waals surface area contributed by atoms with Crippen LogP contribution in [0.25, 0.3) is 0 Å². The molecule has 0 aliphatic carbocycles. The number of nitrogens with two attached hydrogens (primary N) is 1. The van der Waals surface area contributed by atoms with Crippen LogP contribution in [0.1, 0.15) is 50.1 Å². The summed E-state index contributed by atoms with van der Waals surface area (Å²) < 4.78 is 6.08. The average Bonchev–Trinajstić information content (AvgIpc) is 3.00. The smallest absolute Gasteiger partial charge is 0.292 e. The van der Waals surface area contributed by atoms with Crippen molar-refractivity contribution in [3.05, 3.63) is 24.3 Å². The molecule has 124 valence electrons. The monoisotopic (exact) mass is 318 g/mol. The third-order valence-electron chi connectivity index (χ3n) is 4.71. The minimum atomic E-state index is -0.505. The summed E-state index contributed by atoms with van der Waals surface area (Å²) in [5.41, 5.74) is 4.49. The highest BCUT2D eigenvalue weighted by Crippen LogP contribution is 2.49. The molecule has 1 aromatic heterocycles. The third-order valence-corrected chi connectivity index (χ3v) is 4.71. The standard InChI is InChI=1S/C16H22N4O3/c1-15(2)10-16(11(23-15)9-12(17)21)5-3-8-20(16)14(22)13-18-6-4-7-19-13/h4,6-7,11H,3,5,8-10H2,1-2H3,(H2,17,21)/t11-,16+/m0/s1. The summed E-state index contributed by atoms with van der Waals surface area (Å²) in [5, 5.41) is 0. The van der Waals surface area contributed by atoms with Gasteiger partial charge in [0.2, 0.25) is 11.7 Å². The van der Waals surface area contributed by atoms with Gasteiger partial charge in [-0.3, -0.25) is 9.59 Å². The second kappa shape index (κ2) is 5.56. The van der Waals surface area contributed by atoms with Gasteiger partial charge in [0, 0.05) is 25.4 Å². The van der Waals surface area contributed by atoms with Gasteiger partial charge in [0.1, 0.15) is 0 Å². The first-order valence-electron chi connectivity index (χ1n) is 7.89. The van der Waals surface area contributed by atoms with Gasteiger partial charge in [-0.1, -0.05) is 0 Å². The molecule has 0 saturated carbocycles. The van der Waals surface area contributed by atoms with E-state index in [1.54, 1.807) is 23.4 Å². The van der Waals surface area contributed by atoms with Crippen molar-refractivity contribution in [2.45, 2.75) is 56.8 Å². The molecule has 0 aromatic carbocycles. The van der Waals surface area contributed by atoms with E-state index in [1.807, 2.05) is 13.8 Å². The van der Waals surface area contributed by atoms with Crippen LogP contribution in [0.4, 0.5) is 0 Å². The average molecular weight is 318 g/mol. The van der Waals surface area contributed by atoms with Crippen molar-refractivity contribution in [1.29, 1.82) is 0 Å². The summed E-state index contributed by atoms with van der Waals surface area (Å²) in [4.78, 5) is 34.3. The molecule has 2 aliphatic rings. The molecule has 7 heteroatoms. The predicted octanol–water partition coefficient (Wildman–Crippen LogP) is 0.894. The number of hydrogen-bond donors (Lipinski definition) is 1. The molecular formula is C16H22N4O3. The molecule has 2 atom stereocenters. The Bertz CT molecular complexity index is 619. The molecular weight excluding hydrogens is 296 g/mol. The lowest BCUT2D eigenvalue weighted by Crippen LogP contribution is -2.54. The van der Waals surface area contributed by atoms with E-state index in [4.69, 9.17) is 10.5 Å². The minimum Gasteiger partial charge on any atom is -0.370 e. The van der Waals surface area contributed by atoms with E-state index in [0.717, 1.165) is 12.8 Å². The molecule has 1 aromatic rings. The summed E-state index contributed by atoms with van der Waals surface area (Å²) in [5.74, 6) is -0.447. The van der Waals surface area contributed by atoms with Crippen LogP contribution < -0.4 is 5.73 Å². The van der Waals surface area contributed by atoms with Crippen LogP contribution in [0.5, 0.6) is 0 Å². The van der Waals surface area contributed by atoms with E-state index in [0.29, 0.717) is 13.0 Å². The van der Waals surface area contributed by atoms with E-state index >= 15 is 0 Å². The van der Waals surface area contributed by atoms with Crippen molar-refractivity contribution >= 4 is 11.8 Å². The molecule has 1 spiro atoms. The third kappa shape index (κ3) is 2.81. The predicted molar refractivity (Wildman–Crippen MR) is 82.4 cm³/mol. The summed E-state index contributed by atoms with van der Waals surface area (Å²) in [6, 6.07) is 1.67. The lowest BCUT2D eigenvalue weighted by atomic mass is 9.82. The largest absolute Gasteiger partial charge is 0.370 e. The highest BCUT2D eigenvalue weighted by molar-refractivity contribution is 5.91. The SMILES string of the molecule is CC1(C)C[C@]2(CCCN2C(=O)c2ncccn2)[C@H](CC(N)=O)O1. The number of primary amides is 1. The quantitative estimate of drug-likeness (QED) is 0.892. The Labute approximate surface area is 135 Å². The molecule has 0 unspecified atom stereocenters. The lowest BCUT2D eigenvalue weighted by Gasteiger charge is -2.38. The molecule has 2 aliphatic heterocycles. The molecule has 7 nitrogen and oxygen atoms in total. The van der Waals surface area contributed by atoms with Crippen LogP contribution in [-0.4, -0.2) is 50.5 Å². The topological polar surface area (TPSA) is 98.4 Å². The molecule has 2 N–H and O–H groups in total. The van der Waals surface area contributed by atoms with E-state index in [1.165, 1.54) is 0 Å². The van der Waals surface area contributed by atoms with Crippen molar-refractivity contribution in [1.82, 2.24) is 14.9 Å². The van der Waals surface area contributed by atoms with E-state index < -0.39 is 17.0 Å². The lowest BCUT2D eigenvalue weighted by molar-refractivity contribution is -0.123. The second-order valence-electron chi connectivity index (χ2n) is 6.95. The van der Waals surface area contributed by atoms with Gasteiger partial charge >= 0.3 is 0 Å². The fraction of sp³-hybridized carbons (Fsp3) is 0.625. The first-order valence-corrected chi connectivity index (χ1v) is 7.89. The van der Waals surface area contributed by atoms with Gasteiger partial charge in [0.05, 0.1) is 23.7 Å². The van der Waals surface area contributed by atoms with Crippen LogP contribution in [-0.2, 0) is 9.53 Å². The molecule has 0 bridgehead atoms. The van der Waals surface area contributed by atoms with Crippen molar-refractivity contribution in [2.75, 3.05) is 6.54 Å². The number of aromatic nitrogens is 2. The number of ether oxygens (including phenoxy) is 1. The fourth-order valence-electron chi connectivity index (χ4n) is 4.06. The number of carbonyl (C=O) groups excluding carboxylic acids is 2. The van der Waals surface area contributed by atoms with Gasteiger partial charge in [0.25, 0.3) is 5.91 Å². The molecule has 2 fully saturated rings. The maximum Gasteiger partial charge on any atom is 0.292 e. The Kier molecular flexibility index (Phi) is 3.83. The molecule has 0 radical (unpaired) electrons. The summed E-state index contributed by atoms with van der Waals surface area (Å²) in [7, 11) is 0. The Hall–Kier alpha value is -2.02. The van der Waals surface area contributed by atoms with E-state index in [2.05, 4.69) is 9.97 Å². The molecule has 3 rings (SSSR count). The zero-order valence-corrected chi connectivity index (χ0v) is 13.5. The van der Waals surface area contributed by atoms with E-state index in [9.17, 15) is 9.59 Å². The number of carbonyl (C=O) groups is 2. The van der Waals surface area contributed by atoms with Gasteiger partial charge in [-0.25, -0.2) is 9.97 Å². The number of nitrogens with zero attached hydrogens (tertiary/aromatic N) is 3. The van der Waals surface area contributed by atoms with Crippen LogP contribution in [0, 0.1) is 0 Å². The van der Waals surface area contributed by atoms with Gasteiger partial charge < -0.3 is 15.4 Å². The first kappa shape index (κ1) is 15.9. The Balaban J connectivity index is 1.94. The summed E-state index contributed by atoms with van der Waals surface area (Å²) in [6.45, 7) is 4.58. The summed E-state index contributed by atoms with van der Waals surface area (Å²) in [6.07, 6.45) is 5.18. The van der Waals surface area contributed by atoms with Crippen LogP contribution in [0.2, 0.25) is 0 Å². The van der Waals surface area contributed by atoms with Crippen LogP contribution in [0.3, 0.4) is 0 Å². The van der Waals surface area contributed by atoms with Gasteiger partial charge in [-0.2, -0.15) is 0 Å². The Morgan fingerprint density at radius 3 is 2.74 bits per heavy atom. The van der Waals surface area contributed by atoms with Crippen molar-refractivity contribution < 1.29 is 14.3 Å². The summed E-state index contributed by atoms with van der Waals surface area (Å²) >= 11 is 0. The minimum absolute atomic E-state index is 0.114. The normalized spacial score (nSPS) is 29.1. The van der Waals surface area contributed by atoms with Gasteiger partial charge in [-0.15, -0.1) is 0 Å². The molecule has 3 heterocycles. The number of likely N-dealkylation sites (tertiary alicyclic amines) is 1. The van der Waals surface area contributed by atoms with Crippen molar-refractivity contribution in [2.24, 2.45) is 5.73 Å². The second-order valence-corrected chi connectivity index (χ2v) is 6.95. The number of hydrogen-bond acceptors (Lipinski definition) is 5. The Morgan fingerprint density at radius 1 is 1.39 bits per heavy atom. The maximum absolute atomic E-state index is 12.9. The molecule has 2 saturated heterocycles. The van der Waals surface area contributed by atoms with Gasteiger partial charge in [-0.05, 0) is 32.8 Å². The number of rotatable bonds is 3. The zero-order valence-electron chi connectivity index (χ0n) is 13.5. The van der Waals surface area contributed by atoms with E-state index in [-0.39, 0.29) is 24.3 Å². The molecule has 23 heavy (non-hydrogen) atoms. The van der Waals surface area contributed by atoms with Crippen LogP contribution in [0.15, 0.2) is 18.5 Å². The first-order chi connectivity index (χ1) is 10.8. The fourth-order valence-corrected chi connectivity index (χ4v) is 4.06. The Morgan fingerprint density at radius 2 is 2.09 bits per heavy atom. The highest BCUT2D eigenvalue weighted by atomic mass is 16.5.